The van der Waals surface area contributed by atoms with Crippen LogP contribution in [-0.4, -0.2) is 26.4 Å². The number of rotatable bonds is 4. The molecule has 2 fully saturated rings. The number of halogens is 1. The molecular weight excluding hydrogens is 320 g/mol. The summed E-state index contributed by atoms with van der Waals surface area (Å²) < 4.78 is 11.5. The zero-order valence-corrected chi connectivity index (χ0v) is 16.3. The topological polar surface area (TPSA) is 18.5 Å². The quantitative estimate of drug-likeness (QED) is 0.723. The van der Waals surface area contributed by atoms with Gasteiger partial charge in [0, 0.05) is 17.5 Å². The van der Waals surface area contributed by atoms with Crippen LogP contribution in [0.5, 0.6) is 0 Å². The van der Waals surface area contributed by atoms with Crippen molar-refractivity contribution in [3.05, 3.63) is 34.3 Å². The van der Waals surface area contributed by atoms with Crippen LogP contribution in [0.1, 0.15) is 57.6 Å². The number of hydrogen-bond donors (Lipinski definition) is 0. The molecule has 2 nitrogen and oxygen atoms in total. The fourth-order valence-corrected chi connectivity index (χ4v) is 4.61. The Hall–Kier alpha value is -0.570. The van der Waals surface area contributed by atoms with Crippen molar-refractivity contribution in [1.82, 2.24) is 0 Å². The molecule has 0 bridgehead atoms. The number of benzene rings is 1. The second kappa shape index (κ2) is 6.97. The van der Waals surface area contributed by atoms with E-state index < -0.39 is 0 Å². The van der Waals surface area contributed by atoms with Crippen LogP contribution >= 0.6 is 11.6 Å². The summed E-state index contributed by atoms with van der Waals surface area (Å²) in [5.74, 6) is 0.549. The Morgan fingerprint density at radius 1 is 1.33 bits per heavy atom. The Morgan fingerprint density at radius 2 is 2.12 bits per heavy atom. The molecular formula is C21H31ClO2. The fourth-order valence-electron chi connectivity index (χ4n) is 4.33. The van der Waals surface area contributed by atoms with Gasteiger partial charge in [-0.25, -0.2) is 0 Å². The average Bonchev–Trinajstić information content (AvgIpc) is 2.96. The Morgan fingerprint density at radius 3 is 2.79 bits per heavy atom. The van der Waals surface area contributed by atoms with Crippen LogP contribution in [0.2, 0.25) is 5.02 Å². The lowest BCUT2D eigenvalue weighted by Gasteiger charge is -2.41. The first-order valence-electron chi connectivity index (χ1n) is 9.23. The SMILES string of the molecule is COC1CCC2(c3ccc(CCC(C)(C)C)c(Cl)c3)COCC2C1. The van der Waals surface area contributed by atoms with Crippen molar-refractivity contribution >= 4 is 11.6 Å². The summed E-state index contributed by atoms with van der Waals surface area (Å²) in [5, 5.41) is 0.922. The van der Waals surface area contributed by atoms with Gasteiger partial charge in [-0.15, -0.1) is 0 Å². The van der Waals surface area contributed by atoms with E-state index in [-0.39, 0.29) is 5.41 Å². The van der Waals surface area contributed by atoms with Gasteiger partial charge in [0.2, 0.25) is 0 Å². The van der Waals surface area contributed by atoms with Gasteiger partial charge in [-0.3, -0.25) is 0 Å². The van der Waals surface area contributed by atoms with Crippen LogP contribution in [0.25, 0.3) is 0 Å². The van der Waals surface area contributed by atoms with Crippen LogP contribution in [0.3, 0.4) is 0 Å². The Kier molecular flexibility index (Phi) is 5.30. The Labute approximate surface area is 151 Å². The van der Waals surface area contributed by atoms with Crippen LogP contribution in [0, 0.1) is 11.3 Å². The van der Waals surface area contributed by atoms with E-state index >= 15 is 0 Å². The van der Waals surface area contributed by atoms with Gasteiger partial charge in [0.05, 0.1) is 19.3 Å². The fraction of sp³-hybridized carbons (Fsp3) is 0.714. The molecule has 24 heavy (non-hydrogen) atoms. The zero-order chi connectivity index (χ0) is 17.4. The maximum atomic E-state index is 6.65. The highest BCUT2D eigenvalue weighted by molar-refractivity contribution is 6.31. The minimum atomic E-state index is 0.140. The molecule has 0 aromatic heterocycles. The molecule has 1 aliphatic heterocycles. The molecule has 3 rings (SSSR count). The maximum absolute atomic E-state index is 6.65. The molecule has 0 radical (unpaired) electrons. The zero-order valence-electron chi connectivity index (χ0n) is 15.5. The third-order valence-electron chi connectivity index (χ3n) is 6.03. The molecule has 1 saturated carbocycles. The smallest absolute Gasteiger partial charge is 0.0575 e. The van der Waals surface area contributed by atoms with Gasteiger partial charge in [-0.2, -0.15) is 0 Å². The lowest BCUT2D eigenvalue weighted by Crippen LogP contribution is -2.41. The van der Waals surface area contributed by atoms with Gasteiger partial charge in [-0.1, -0.05) is 44.5 Å². The van der Waals surface area contributed by atoms with Crippen LogP contribution in [0.15, 0.2) is 18.2 Å². The first-order chi connectivity index (χ1) is 11.3. The summed E-state index contributed by atoms with van der Waals surface area (Å²) in [6, 6.07) is 6.77. The number of hydrogen-bond acceptors (Lipinski definition) is 2. The molecule has 1 aromatic rings. The average molecular weight is 351 g/mol. The monoisotopic (exact) mass is 350 g/mol. The van der Waals surface area contributed by atoms with Crippen LogP contribution in [-0.2, 0) is 21.3 Å². The van der Waals surface area contributed by atoms with Crippen molar-refractivity contribution in [2.24, 2.45) is 11.3 Å². The van der Waals surface area contributed by atoms with Crippen molar-refractivity contribution in [2.45, 2.75) is 64.4 Å². The van der Waals surface area contributed by atoms with E-state index in [2.05, 4.69) is 39.0 Å². The highest BCUT2D eigenvalue weighted by Gasteiger charge is 2.49. The number of fused-ring (bicyclic) bond motifs is 1. The summed E-state index contributed by atoms with van der Waals surface area (Å²) in [6.07, 6.45) is 5.92. The molecule has 1 aliphatic carbocycles. The summed E-state index contributed by atoms with van der Waals surface area (Å²) in [6.45, 7) is 8.52. The number of ether oxygens (including phenoxy) is 2. The number of aryl methyl sites for hydroxylation is 1. The van der Waals surface area contributed by atoms with Gasteiger partial charge >= 0.3 is 0 Å². The molecule has 3 unspecified atom stereocenters. The predicted octanol–water partition coefficient (Wildman–Crippen LogP) is 5.40. The van der Waals surface area contributed by atoms with E-state index in [1.807, 2.05) is 7.11 Å². The van der Waals surface area contributed by atoms with Gasteiger partial charge in [0.15, 0.2) is 0 Å². The third kappa shape index (κ3) is 3.66. The minimum Gasteiger partial charge on any atom is -0.381 e. The van der Waals surface area contributed by atoms with E-state index in [4.69, 9.17) is 21.1 Å². The van der Waals surface area contributed by atoms with E-state index in [1.165, 1.54) is 11.1 Å². The van der Waals surface area contributed by atoms with Crippen molar-refractivity contribution in [1.29, 1.82) is 0 Å². The van der Waals surface area contributed by atoms with Gasteiger partial charge in [0.1, 0.15) is 0 Å². The molecule has 3 heteroatoms. The third-order valence-corrected chi connectivity index (χ3v) is 6.38. The molecule has 1 heterocycles. The molecule has 0 N–H and O–H groups in total. The van der Waals surface area contributed by atoms with Gasteiger partial charge in [-0.05, 0) is 60.6 Å². The standard InChI is InChI=1S/C21H31ClO2/c1-20(2,3)9-7-15-5-6-16(12-19(15)22)21-10-8-18(23-4)11-17(21)13-24-14-21/h5-6,12,17-18H,7-11,13-14H2,1-4H3. The molecule has 3 atom stereocenters. The van der Waals surface area contributed by atoms with Crippen molar-refractivity contribution in [3.8, 4) is 0 Å². The number of methoxy groups -OCH3 is 1. The predicted molar refractivity (Wildman–Crippen MR) is 99.9 cm³/mol. The van der Waals surface area contributed by atoms with Crippen molar-refractivity contribution < 1.29 is 9.47 Å². The first-order valence-corrected chi connectivity index (χ1v) is 9.61. The van der Waals surface area contributed by atoms with Crippen LogP contribution < -0.4 is 0 Å². The van der Waals surface area contributed by atoms with Crippen LogP contribution in [0.4, 0.5) is 0 Å². The second-order valence-corrected chi connectivity index (χ2v) is 9.27. The van der Waals surface area contributed by atoms with Gasteiger partial charge < -0.3 is 9.47 Å². The van der Waals surface area contributed by atoms with E-state index in [1.54, 1.807) is 0 Å². The first kappa shape index (κ1) is 18.2. The maximum Gasteiger partial charge on any atom is 0.0575 e. The Balaban J connectivity index is 1.80. The summed E-state index contributed by atoms with van der Waals surface area (Å²) >= 11 is 6.65. The largest absolute Gasteiger partial charge is 0.381 e. The normalized spacial score (nSPS) is 30.4. The summed E-state index contributed by atoms with van der Waals surface area (Å²) in [7, 11) is 1.83. The highest BCUT2D eigenvalue weighted by Crippen LogP contribution is 2.49. The molecule has 134 valence electrons. The van der Waals surface area contributed by atoms with E-state index in [9.17, 15) is 0 Å². The highest BCUT2D eigenvalue weighted by atomic mass is 35.5. The Bertz CT molecular complexity index is 578. The van der Waals surface area contributed by atoms with E-state index in [0.29, 0.717) is 17.4 Å². The molecule has 0 spiro atoms. The minimum absolute atomic E-state index is 0.140. The summed E-state index contributed by atoms with van der Waals surface area (Å²) in [4.78, 5) is 0. The summed E-state index contributed by atoms with van der Waals surface area (Å²) in [5.41, 5.74) is 3.11. The molecule has 0 amide bonds. The molecule has 1 aromatic carbocycles. The van der Waals surface area contributed by atoms with Crippen molar-refractivity contribution in [3.63, 3.8) is 0 Å². The molecule has 1 saturated heterocycles. The lowest BCUT2D eigenvalue weighted by atomic mass is 9.63. The lowest BCUT2D eigenvalue weighted by molar-refractivity contribution is 0.0307. The molecule has 2 aliphatic rings. The van der Waals surface area contributed by atoms with E-state index in [0.717, 1.165) is 50.3 Å². The second-order valence-electron chi connectivity index (χ2n) is 8.87. The van der Waals surface area contributed by atoms with Crippen molar-refractivity contribution in [2.75, 3.05) is 20.3 Å². The van der Waals surface area contributed by atoms with Gasteiger partial charge in [0.25, 0.3) is 0 Å².